The van der Waals surface area contributed by atoms with Crippen molar-refractivity contribution in [2.45, 2.75) is 25.0 Å². The fourth-order valence-corrected chi connectivity index (χ4v) is 4.43. The van der Waals surface area contributed by atoms with Crippen LogP contribution in [0.1, 0.15) is 23.1 Å². The van der Waals surface area contributed by atoms with E-state index in [2.05, 4.69) is 5.48 Å². The van der Waals surface area contributed by atoms with Gasteiger partial charge in [-0.15, -0.1) is 0 Å². The fraction of sp³-hybridized carbons (Fsp3) is 0.300. The van der Waals surface area contributed by atoms with Crippen LogP contribution in [-0.4, -0.2) is 25.8 Å². The Labute approximate surface area is 173 Å². The number of nitrogens with two attached hydrogens (primary N) is 1. The maximum absolute atomic E-state index is 12.7. The van der Waals surface area contributed by atoms with Crippen molar-refractivity contribution >= 4 is 15.7 Å². The number of anilines is 1. The predicted octanol–water partition coefficient (Wildman–Crippen LogP) is 3.43. The van der Waals surface area contributed by atoms with Crippen LogP contribution in [-0.2, 0) is 33.4 Å². The van der Waals surface area contributed by atoms with E-state index in [1.165, 1.54) is 16.4 Å². The minimum Gasteiger partial charge on any atom is -0.399 e. The monoisotopic (exact) mass is 441 g/mol. The van der Waals surface area contributed by atoms with Crippen LogP contribution in [0.5, 0.6) is 0 Å². The highest BCUT2D eigenvalue weighted by Gasteiger charge is 2.30. The molecule has 3 rings (SSSR count). The van der Waals surface area contributed by atoms with Gasteiger partial charge in [-0.3, -0.25) is 10.3 Å². The quantitative estimate of drug-likeness (QED) is 0.508. The molecule has 0 saturated heterocycles. The highest BCUT2D eigenvalue weighted by Crippen LogP contribution is 2.29. The zero-order valence-electron chi connectivity index (χ0n) is 16.0. The Hall–Kier alpha value is -2.56. The highest BCUT2D eigenvalue weighted by molar-refractivity contribution is 7.88. The summed E-state index contributed by atoms with van der Waals surface area (Å²) in [4.78, 5) is 5.29. The largest absolute Gasteiger partial charge is 0.416 e. The lowest BCUT2D eigenvalue weighted by Crippen LogP contribution is -2.37. The number of hydroxylamine groups is 1. The number of halogens is 3. The molecule has 0 spiro atoms. The van der Waals surface area contributed by atoms with Gasteiger partial charge in [0.25, 0.3) is 0 Å². The Morgan fingerprint density at radius 3 is 2.47 bits per heavy atom. The van der Waals surface area contributed by atoms with E-state index < -0.39 is 21.8 Å². The molecule has 1 heterocycles. The van der Waals surface area contributed by atoms with Gasteiger partial charge in [-0.1, -0.05) is 24.3 Å². The Morgan fingerprint density at radius 2 is 1.83 bits per heavy atom. The molecule has 1 aliphatic heterocycles. The summed E-state index contributed by atoms with van der Waals surface area (Å²) in [5.74, 6) is -0.115. The van der Waals surface area contributed by atoms with Crippen molar-refractivity contribution in [1.82, 2.24) is 9.79 Å². The number of hydrogen-bond donors (Lipinski definition) is 2. The molecule has 1 aliphatic rings. The lowest BCUT2D eigenvalue weighted by atomic mass is 10.1. The van der Waals surface area contributed by atoms with E-state index in [-0.39, 0.29) is 25.4 Å². The first-order valence-electron chi connectivity index (χ1n) is 9.19. The molecule has 30 heavy (non-hydrogen) atoms. The number of rotatable bonds is 7. The van der Waals surface area contributed by atoms with E-state index in [0.717, 1.165) is 12.1 Å². The third-order valence-electron chi connectivity index (χ3n) is 4.59. The molecule has 162 valence electrons. The summed E-state index contributed by atoms with van der Waals surface area (Å²) >= 11 is 0. The molecular weight excluding hydrogens is 419 g/mol. The van der Waals surface area contributed by atoms with Gasteiger partial charge in [0, 0.05) is 30.9 Å². The SMILES string of the molecule is Nc1ccc(CS(=O)(=O)N2CC=C(NOCc3cccc(C(F)(F)F)c3)CC2)cc1. The average molecular weight is 441 g/mol. The number of nitrogens with zero attached hydrogens (tertiary/aromatic N) is 1. The molecule has 3 N–H and O–H groups in total. The first-order valence-corrected chi connectivity index (χ1v) is 10.8. The minimum atomic E-state index is -4.41. The zero-order chi connectivity index (χ0) is 21.8. The van der Waals surface area contributed by atoms with Crippen molar-refractivity contribution in [3.63, 3.8) is 0 Å². The maximum atomic E-state index is 12.7. The first-order chi connectivity index (χ1) is 14.1. The Balaban J connectivity index is 1.50. The third-order valence-corrected chi connectivity index (χ3v) is 6.41. The summed E-state index contributed by atoms with van der Waals surface area (Å²) in [7, 11) is -3.48. The van der Waals surface area contributed by atoms with E-state index in [0.29, 0.717) is 28.9 Å². The van der Waals surface area contributed by atoms with Gasteiger partial charge in [-0.2, -0.15) is 17.5 Å². The van der Waals surface area contributed by atoms with Crippen LogP contribution in [0, 0.1) is 0 Å². The predicted molar refractivity (Wildman–Crippen MR) is 107 cm³/mol. The Morgan fingerprint density at radius 1 is 1.10 bits per heavy atom. The Bertz CT molecular complexity index is 1010. The van der Waals surface area contributed by atoms with Gasteiger partial charge < -0.3 is 5.73 Å². The summed E-state index contributed by atoms with van der Waals surface area (Å²) in [6.07, 6.45) is -2.31. The van der Waals surface area contributed by atoms with Crippen LogP contribution in [0.4, 0.5) is 18.9 Å². The molecule has 0 atom stereocenters. The number of benzene rings is 2. The van der Waals surface area contributed by atoms with Gasteiger partial charge in [-0.05, 0) is 41.5 Å². The number of nitrogen functional groups attached to an aromatic ring is 1. The first kappa shape index (κ1) is 22.1. The van der Waals surface area contributed by atoms with Crippen molar-refractivity contribution < 1.29 is 26.4 Å². The maximum Gasteiger partial charge on any atom is 0.416 e. The smallest absolute Gasteiger partial charge is 0.399 e. The van der Waals surface area contributed by atoms with Crippen molar-refractivity contribution in [2.24, 2.45) is 0 Å². The molecule has 0 amide bonds. The molecule has 6 nitrogen and oxygen atoms in total. The van der Waals surface area contributed by atoms with Crippen LogP contribution in [0.25, 0.3) is 0 Å². The molecule has 0 radical (unpaired) electrons. The third kappa shape index (κ3) is 5.97. The fourth-order valence-electron chi connectivity index (χ4n) is 2.96. The number of sulfonamides is 1. The van der Waals surface area contributed by atoms with Gasteiger partial charge >= 0.3 is 6.18 Å². The average Bonchev–Trinajstić information content (AvgIpc) is 2.70. The molecule has 0 bridgehead atoms. The summed E-state index contributed by atoms with van der Waals surface area (Å²) in [5, 5.41) is 0. The van der Waals surface area contributed by atoms with Crippen LogP contribution < -0.4 is 11.2 Å². The van der Waals surface area contributed by atoms with Crippen molar-refractivity contribution in [1.29, 1.82) is 0 Å². The second-order valence-corrected chi connectivity index (χ2v) is 8.89. The van der Waals surface area contributed by atoms with E-state index in [9.17, 15) is 21.6 Å². The molecule has 0 unspecified atom stereocenters. The summed E-state index contributed by atoms with van der Waals surface area (Å²) in [6, 6.07) is 11.6. The molecule has 2 aromatic carbocycles. The second-order valence-electron chi connectivity index (χ2n) is 6.92. The highest BCUT2D eigenvalue weighted by atomic mass is 32.2. The van der Waals surface area contributed by atoms with Crippen LogP contribution in [0.15, 0.2) is 60.3 Å². The van der Waals surface area contributed by atoms with E-state index >= 15 is 0 Å². The van der Waals surface area contributed by atoms with Gasteiger partial charge in [0.05, 0.1) is 17.9 Å². The van der Waals surface area contributed by atoms with Crippen molar-refractivity contribution in [2.75, 3.05) is 18.8 Å². The summed E-state index contributed by atoms with van der Waals surface area (Å²) in [5.41, 5.74) is 9.86. The van der Waals surface area contributed by atoms with Gasteiger partial charge in [0.15, 0.2) is 0 Å². The van der Waals surface area contributed by atoms with Gasteiger partial charge in [0.2, 0.25) is 10.0 Å². The van der Waals surface area contributed by atoms with Gasteiger partial charge in [0.1, 0.15) is 0 Å². The molecule has 0 saturated carbocycles. The lowest BCUT2D eigenvalue weighted by Gasteiger charge is -2.26. The van der Waals surface area contributed by atoms with E-state index in [1.807, 2.05) is 0 Å². The molecule has 10 heteroatoms. The van der Waals surface area contributed by atoms with Crippen LogP contribution in [0.2, 0.25) is 0 Å². The van der Waals surface area contributed by atoms with Crippen molar-refractivity contribution in [3.05, 3.63) is 77.0 Å². The normalized spacial score (nSPS) is 15.6. The molecular formula is C20H22F3N3O3S. The van der Waals surface area contributed by atoms with Crippen LogP contribution in [0.3, 0.4) is 0 Å². The van der Waals surface area contributed by atoms with E-state index in [1.54, 1.807) is 30.3 Å². The summed E-state index contributed by atoms with van der Waals surface area (Å²) < 4.78 is 64.8. The summed E-state index contributed by atoms with van der Waals surface area (Å²) in [6.45, 7) is 0.413. The lowest BCUT2D eigenvalue weighted by molar-refractivity contribution is -0.137. The Kier molecular flexibility index (Phi) is 6.69. The topological polar surface area (TPSA) is 84.7 Å². The molecule has 0 aliphatic carbocycles. The number of nitrogens with one attached hydrogen (secondary N) is 1. The van der Waals surface area contributed by atoms with Crippen LogP contribution >= 0.6 is 0 Å². The number of alkyl halides is 3. The molecule has 0 aromatic heterocycles. The second kappa shape index (κ2) is 9.07. The standard InChI is InChI=1S/C20H22F3N3O3S/c21-20(22,23)17-3-1-2-16(12-17)13-29-25-19-8-10-26(11-9-19)30(27,28)14-15-4-6-18(24)7-5-15/h1-8,12,25H,9-11,13-14,24H2. The van der Waals surface area contributed by atoms with Crippen molar-refractivity contribution in [3.8, 4) is 0 Å². The van der Waals surface area contributed by atoms with E-state index in [4.69, 9.17) is 10.6 Å². The molecule has 0 fully saturated rings. The molecule has 2 aromatic rings. The minimum absolute atomic E-state index is 0.0551. The number of hydrogen-bond acceptors (Lipinski definition) is 5. The zero-order valence-corrected chi connectivity index (χ0v) is 16.8. The van der Waals surface area contributed by atoms with Gasteiger partial charge in [-0.25, -0.2) is 8.42 Å².